The Balaban J connectivity index is 2.25. The van der Waals surface area contributed by atoms with Gasteiger partial charge in [0.2, 0.25) is 0 Å². The van der Waals surface area contributed by atoms with E-state index in [4.69, 9.17) is 5.84 Å². The molecule has 0 saturated carbocycles. The van der Waals surface area contributed by atoms with Crippen molar-refractivity contribution in [2.75, 3.05) is 0 Å². The fraction of sp³-hybridized carbons (Fsp3) is 0.667. The molecule has 0 saturated heterocycles. The number of hydrazine groups is 1. The van der Waals surface area contributed by atoms with Gasteiger partial charge >= 0.3 is 0 Å². The van der Waals surface area contributed by atoms with Crippen LogP contribution in [-0.4, -0.2) is 0 Å². The Bertz CT molecular complexity index is 373. The van der Waals surface area contributed by atoms with E-state index in [0.717, 1.165) is 24.0 Å². The first-order valence-corrected chi connectivity index (χ1v) is 8.40. The number of nitrogens with one attached hydrogen (secondary N) is 1. The van der Waals surface area contributed by atoms with Crippen molar-refractivity contribution in [3.63, 3.8) is 0 Å². The molecule has 2 nitrogen and oxygen atoms in total. The second kappa shape index (κ2) is 10.7. The zero-order chi connectivity index (χ0) is 15.5. The fourth-order valence-corrected chi connectivity index (χ4v) is 2.79. The molecule has 1 aromatic rings. The van der Waals surface area contributed by atoms with Crippen LogP contribution in [0, 0.1) is 12.7 Å². The molecule has 1 rings (SSSR count). The number of halogens is 1. The van der Waals surface area contributed by atoms with E-state index in [9.17, 15) is 4.39 Å². The van der Waals surface area contributed by atoms with Gasteiger partial charge in [0.1, 0.15) is 5.82 Å². The highest BCUT2D eigenvalue weighted by molar-refractivity contribution is 5.26. The molecule has 1 atom stereocenters. The lowest BCUT2D eigenvalue weighted by Gasteiger charge is -2.17. The second-order valence-corrected chi connectivity index (χ2v) is 6.04. The zero-order valence-electron chi connectivity index (χ0n) is 13.6. The van der Waals surface area contributed by atoms with Gasteiger partial charge in [-0.15, -0.1) is 0 Å². The Morgan fingerprint density at radius 3 is 2.19 bits per heavy atom. The molecule has 21 heavy (non-hydrogen) atoms. The highest BCUT2D eigenvalue weighted by Crippen LogP contribution is 2.22. The summed E-state index contributed by atoms with van der Waals surface area (Å²) in [6, 6.07) is 5.20. The third-order valence-corrected chi connectivity index (χ3v) is 4.01. The van der Waals surface area contributed by atoms with Gasteiger partial charge in [0.25, 0.3) is 0 Å². The predicted octanol–water partition coefficient (Wildman–Crippen LogP) is 5.17. The average molecular weight is 294 g/mol. The van der Waals surface area contributed by atoms with E-state index in [1.807, 2.05) is 13.0 Å². The van der Waals surface area contributed by atoms with Crippen LogP contribution in [-0.2, 0) is 0 Å². The van der Waals surface area contributed by atoms with Crippen LogP contribution >= 0.6 is 0 Å². The molecule has 0 aliphatic carbocycles. The molecular formula is C18H31FN2. The molecule has 1 unspecified atom stereocenters. The van der Waals surface area contributed by atoms with Gasteiger partial charge in [0.15, 0.2) is 0 Å². The van der Waals surface area contributed by atoms with Crippen LogP contribution in [0.5, 0.6) is 0 Å². The molecule has 0 amide bonds. The first-order chi connectivity index (χ1) is 10.2. The van der Waals surface area contributed by atoms with Gasteiger partial charge in [-0.2, -0.15) is 0 Å². The number of nitrogens with two attached hydrogens (primary N) is 1. The lowest BCUT2D eigenvalue weighted by Crippen LogP contribution is -2.28. The topological polar surface area (TPSA) is 38.0 Å². The molecule has 0 heterocycles. The molecule has 3 heteroatoms. The van der Waals surface area contributed by atoms with Crippen molar-refractivity contribution in [2.45, 2.75) is 77.7 Å². The van der Waals surface area contributed by atoms with Crippen LogP contribution in [0.25, 0.3) is 0 Å². The van der Waals surface area contributed by atoms with Crippen LogP contribution < -0.4 is 11.3 Å². The number of benzene rings is 1. The van der Waals surface area contributed by atoms with Gasteiger partial charge in [-0.3, -0.25) is 11.3 Å². The van der Waals surface area contributed by atoms with Crippen molar-refractivity contribution in [3.8, 4) is 0 Å². The Morgan fingerprint density at radius 1 is 1.00 bits per heavy atom. The molecule has 120 valence electrons. The van der Waals surface area contributed by atoms with Crippen molar-refractivity contribution in [1.29, 1.82) is 0 Å². The largest absolute Gasteiger partial charge is 0.271 e. The summed E-state index contributed by atoms with van der Waals surface area (Å²) in [5.41, 5.74) is 4.73. The molecule has 0 radical (unpaired) electrons. The molecule has 3 N–H and O–H groups in total. The van der Waals surface area contributed by atoms with Gasteiger partial charge in [0.05, 0.1) is 0 Å². The summed E-state index contributed by atoms with van der Waals surface area (Å²) in [7, 11) is 0. The van der Waals surface area contributed by atoms with Crippen molar-refractivity contribution in [1.82, 2.24) is 5.43 Å². The highest BCUT2D eigenvalue weighted by atomic mass is 19.1. The summed E-state index contributed by atoms with van der Waals surface area (Å²) >= 11 is 0. The summed E-state index contributed by atoms with van der Waals surface area (Å²) in [5.74, 6) is 5.45. The standard InChI is InChI=1S/C18H31FN2/c1-3-4-5-6-7-8-9-10-11-18(21-20)16-12-15(2)13-17(19)14-16/h12-14,18,21H,3-11,20H2,1-2H3. The maximum atomic E-state index is 13.4. The molecule has 0 fully saturated rings. The quantitative estimate of drug-likeness (QED) is 0.336. The minimum atomic E-state index is -0.179. The summed E-state index contributed by atoms with van der Waals surface area (Å²) in [4.78, 5) is 0. The lowest BCUT2D eigenvalue weighted by molar-refractivity contribution is 0.472. The Labute approximate surface area is 129 Å². The summed E-state index contributed by atoms with van der Waals surface area (Å²) < 4.78 is 13.4. The number of hydrogen-bond acceptors (Lipinski definition) is 2. The van der Waals surface area contributed by atoms with Crippen molar-refractivity contribution >= 4 is 0 Å². The van der Waals surface area contributed by atoms with E-state index in [2.05, 4.69) is 12.3 Å². The summed E-state index contributed by atoms with van der Waals surface area (Å²) in [5, 5.41) is 0. The molecule has 0 aromatic heterocycles. The lowest BCUT2D eigenvalue weighted by atomic mass is 9.98. The van der Waals surface area contributed by atoms with Crippen molar-refractivity contribution in [3.05, 3.63) is 35.1 Å². The van der Waals surface area contributed by atoms with Gasteiger partial charge in [-0.1, -0.05) is 64.4 Å². The molecule has 0 aliphatic heterocycles. The number of aryl methyl sites for hydroxylation is 1. The third kappa shape index (κ3) is 7.58. The average Bonchev–Trinajstić information content (AvgIpc) is 2.44. The first kappa shape index (κ1) is 18.1. The maximum absolute atomic E-state index is 13.4. The third-order valence-electron chi connectivity index (χ3n) is 4.01. The van der Waals surface area contributed by atoms with Crippen LogP contribution in [0.4, 0.5) is 4.39 Å². The first-order valence-electron chi connectivity index (χ1n) is 8.40. The molecule has 1 aromatic carbocycles. The highest BCUT2D eigenvalue weighted by Gasteiger charge is 2.10. The number of hydrogen-bond donors (Lipinski definition) is 2. The van der Waals surface area contributed by atoms with Crippen LogP contribution in [0.2, 0.25) is 0 Å². The van der Waals surface area contributed by atoms with Gasteiger partial charge in [-0.05, 0) is 36.6 Å². The molecule has 0 bridgehead atoms. The smallest absolute Gasteiger partial charge is 0.123 e. The Morgan fingerprint density at radius 2 is 1.62 bits per heavy atom. The SMILES string of the molecule is CCCCCCCCCCC(NN)c1cc(C)cc(F)c1. The van der Waals surface area contributed by atoms with E-state index in [-0.39, 0.29) is 11.9 Å². The van der Waals surface area contributed by atoms with E-state index in [1.54, 1.807) is 12.1 Å². The monoisotopic (exact) mass is 294 g/mol. The fourth-order valence-electron chi connectivity index (χ4n) is 2.79. The Kier molecular flexibility index (Phi) is 9.27. The van der Waals surface area contributed by atoms with E-state index >= 15 is 0 Å². The van der Waals surface area contributed by atoms with E-state index < -0.39 is 0 Å². The minimum absolute atomic E-state index is 0.0551. The van der Waals surface area contributed by atoms with Gasteiger partial charge in [-0.25, -0.2) is 4.39 Å². The Hall–Kier alpha value is -0.930. The number of rotatable bonds is 11. The summed E-state index contributed by atoms with van der Waals surface area (Å²) in [6.45, 7) is 4.16. The summed E-state index contributed by atoms with van der Waals surface area (Å²) in [6.07, 6.45) is 11.4. The predicted molar refractivity (Wildman–Crippen MR) is 88.4 cm³/mol. The van der Waals surface area contributed by atoms with Crippen molar-refractivity contribution < 1.29 is 4.39 Å². The normalized spacial score (nSPS) is 12.6. The van der Waals surface area contributed by atoms with Crippen LogP contribution in [0.1, 0.15) is 81.9 Å². The van der Waals surface area contributed by atoms with Crippen molar-refractivity contribution in [2.24, 2.45) is 5.84 Å². The zero-order valence-corrected chi connectivity index (χ0v) is 13.6. The maximum Gasteiger partial charge on any atom is 0.123 e. The second-order valence-electron chi connectivity index (χ2n) is 6.04. The molecular weight excluding hydrogens is 263 g/mol. The van der Waals surface area contributed by atoms with E-state index in [0.29, 0.717) is 0 Å². The van der Waals surface area contributed by atoms with E-state index in [1.165, 1.54) is 44.9 Å². The van der Waals surface area contributed by atoms with Gasteiger partial charge < -0.3 is 0 Å². The van der Waals surface area contributed by atoms with Crippen LogP contribution in [0.15, 0.2) is 18.2 Å². The van der Waals surface area contributed by atoms with Gasteiger partial charge in [0, 0.05) is 6.04 Å². The van der Waals surface area contributed by atoms with Crippen LogP contribution in [0.3, 0.4) is 0 Å². The molecule has 0 spiro atoms. The minimum Gasteiger partial charge on any atom is -0.271 e. The molecule has 0 aliphatic rings. The number of unbranched alkanes of at least 4 members (excludes halogenated alkanes) is 7.